The highest BCUT2D eigenvalue weighted by molar-refractivity contribution is 6.32. The van der Waals surface area contributed by atoms with Crippen molar-refractivity contribution >= 4 is 28.7 Å². The number of nitrogens with zero attached hydrogens (tertiary/aromatic N) is 2. The Labute approximate surface area is 163 Å². The van der Waals surface area contributed by atoms with Crippen molar-refractivity contribution in [2.45, 2.75) is 51.9 Å². The van der Waals surface area contributed by atoms with E-state index in [0.717, 1.165) is 12.1 Å². The largest absolute Gasteiger partial charge is 0.465 e. The zero-order valence-electron chi connectivity index (χ0n) is 15.6. The molecule has 10 heteroatoms. The number of alkyl halides is 3. The number of H-pyrrole nitrogens is 1. The summed E-state index contributed by atoms with van der Waals surface area (Å²) in [6.45, 7) is 5.89. The quantitative estimate of drug-likeness (QED) is 0.701. The van der Waals surface area contributed by atoms with Gasteiger partial charge in [0.2, 0.25) is 0 Å². The Balaban J connectivity index is 2.10. The number of nitrogens with one attached hydrogen (secondary N) is 1. The van der Waals surface area contributed by atoms with Crippen molar-refractivity contribution in [3.05, 3.63) is 33.2 Å². The lowest BCUT2D eigenvalue weighted by Gasteiger charge is -2.44. The SMILES string of the molecule is CC(C)(C)C1CC(n2c(=O)[nH]c3cc(Cl)c(C(F)(F)F)cc32)CCN1C(=O)O. The number of amides is 1. The van der Waals surface area contributed by atoms with E-state index in [1.54, 1.807) is 0 Å². The number of fused-ring (bicyclic) bond motifs is 1. The van der Waals surface area contributed by atoms with Crippen LogP contribution in [-0.2, 0) is 6.18 Å². The molecule has 6 nitrogen and oxygen atoms in total. The molecule has 3 rings (SSSR count). The standard InChI is InChI=1S/C18H21ClF3N3O3/c1-17(2,3)14-6-9(4-5-24(14)16(27)28)25-13-7-10(18(20,21)22)11(19)8-12(13)23-15(25)26/h7-9,14H,4-6H2,1-3H3,(H,23,26)(H,27,28). The normalized spacial score (nSPS) is 21.3. The monoisotopic (exact) mass is 419 g/mol. The first-order chi connectivity index (χ1) is 12.8. The van der Waals surface area contributed by atoms with Crippen LogP contribution < -0.4 is 5.69 Å². The number of rotatable bonds is 1. The second-order valence-electron chi connectivity index (χ2n) is 8.18. The number of aromatic amines is 1. The lowest BCUT2D eigenvalue weighted by atomic mass is 9.79. The molecule has 2 aromatic rings. The van der Waals surface area contributed by atoms with Gasteiger partial charge in [-0.3, -0.25) is 4.57 Å². The van der Waals surface area contributed by atoms with Crippen LogP contribution in [0.3, 0.4) is 0 Å². The summed E-state index contributed by atoms with van der Waals surface area (Å²) in [5.74, 6) is 0. The summed E-state index contributed by atoms with van der Waals surface area (Å²) in [4.78, 5) is 28.0. The first-order valence-electron chi connectivity index (χ1n) is 8.81. The second kappa shape index (κ2) is 6.72. The zero-order valence-corrected chi connectivity index (χ0v) is 16.4. The van der Waals surface area contributed by atoms with Crippen molar-refractivity contribution in [2.75, 3.05) is 6.54 Å². The van der Waals surface area contributed by atoms with Gasteiger partial charge in [-0.05, 0) is 30.4 Å². The summed E-state index contributed by atoms with van der Waals surface area (Å²) in [5.41, 5.74) is -1.61. The topological polar surface area (TPSA) is 78.3 Å². The predicted octanol–water partition coefficient (Wildman–Crippen LogP) is 4.73. The highest BCUT2D eigenvalue weighted by atomic mass is 35.5. The van der Waals surface area contributed by atoms with Crippen LogP contribution in [0, 0.1) is 5.41 Å². The van der Waals surface area contributed by atoms with Gasteiger partial charge in [0.05, 0.1) is 21.6 Å². The van der Waals surface area contributed by atoms with E-state index in [-0.39, 0.29) is 23.6 Å². The van der Waals surface area contributed by atoms with E-state index < -0.39 is 40.0 Å². The maximum Gasteiger partial charge on any atom is 0.417 e. The van der Waals surface area contributed by atoms with Crippen LogP contribution in [0.1, 0.15) is 45.2 Å². The van der Waals surface area contributed by atoms with Gasteiger partial charge in [-0.1, -0.05) is 32.4 Å². The molecule has 1 aromatic carbocycles. The molecule has 1 fully saturated rings. The molecule has 0 bridgehead atoms. The van der Waals surface area contributed by atoms with Crippen LogP contribution in [0.5, 0.6) is 0 Å². The summed E-state index contributed by atoms with van der Waals surface area (Å²) in [6.07, 6.45) is -5.04. The number of hydrogen-bond acceptors (Lipinski definition) is 2. The Hall–Kier alpha value is -2.16. The fourth-order valence-corrected chi connectivity index (χ4v) is 4.23. The molecule has 28 heavy (non-hydrogen) atoms. The molecule has 1 saturated heterocycles. The van der Waals surface area contributed by atoms with Crippen LogP contribution in [-0.4, -0.2) is 38.2 Å². The Morgan fingerprint density at radius 1 is 1.29 bits per heavy atom. The van der Waals surface area contributed by atoms with E-state index in [0.29, 0.717) is 12.8 Å². The summed E-state index contributed by atoms with van der Waals surface area (Å²) in [6, 6.07) is 1.18. The molecule has 0 aliphatic carbocycles. The highest BCUT2D eigenvalue weighted by Gasteiger charge is 2.40. The number of hydrogen-bond donors (Lipinski definition) is 2. The molecule has 1 amide bonds. The van der Waals surface area contributed by atoms with E-state index in [2.05, 4.69) is 4.98 Å². The summed E-state index contributed by atoms with van der Waals surface area (Å²) in [5, 5.41) is 9.00. The first kappa shape index (κ1) is 20.6. The minimum absolute atomic E-state index is 0.114. The van der Waals surface area contributed by atoms with Gasteiger partial charge in [0.1, 0.15) is 0 Å². The first-order valence-corrected chi connectivity index (χ1v) is 9.19. The number of likely N-dealkylation sites (tertiary alicyclic amines) is 1. The lowest BCUT2D eigenvalue weighted by Crippen LogP contribution is -2.52. The molecule has 0 spiro atoms. The molecule has 2 heterocycles. The molecule has 1 aliphatic rings. The molecular formula is C18H21ClF3N3O3. The van der Waals surface area contributed by atoms with Gasteiger partial charge >= 0.3 is 18.0 Å². The molecule has 2 unspecified atom stereocenters. The molecule has 2 N–H and O–H groups in total. The molecule has 154 valence electrons. The van der Waals surface area contributed by atoms with Gasteiger partial charge in [-0.25, -0.2) is 9.59 Å². The Morgan fingerprint density at radius 2 is 1.93 bits per heavy atom. The summed E-state index contributed by atoms with van der Waals surface area (Å²) in [7, 11) is 0. The minimum atomic E-state index is -4.65. The van der Waals surface area contributed by atoms with E-state index in [1.165, 1.54) is 9.47 Å². The molecule has 2 atom stereocenters. The fraction of sp³-hybridized carbons (Fsp3) is 0.556. The Morgan fingerprint density at radius 3 is 2.46 bits per heavy atom. The van der Waals surface area contributed by atoms with Crippen LogP contribution in [0.15, 0.2) is 16.9 Å². The number of carboxylic acid groups (broad SMARTS) is 1. The van der Waals surface area contributed by atoms with Crippen LogP contribution in [0.2, 0.25) is 5.02 Å². The third-order valence-electron chi connectivity index (χ3n) is 5.30. The van der Waals surface area contributed by atoms with Crippen molar-refractivity contribution in [3.63, 3.8) is 0 Å². The molecule has 0 saturated carbocycles. The number of piperidine rings is 1. The van der Waals surface area contributed by atoms with Crippen LogP contribution >= 0.6 is 11.6 Å². The van der Waals surface area contributed by atoms with Crippen LogP contribution in [0.4, 0.5) is 18.0 Å². The minimum Gasteiger partial charge on any atom is -0.465 e. The van der Waals surface area contributed by atoms with E-state index in [9.17, 15) is 27.9 Å². The maximum atomic E-state index is 13.3. The van der Waals surface area contributed by atoms with Crippen molar-refractivity contribution in [1.82, 2.24) is 14.5 Å². The zero-order chi connectivity index (χ0) is 21.0. The Kier molecular flexibility index (Phi) is 4.94. The van der Waals surface area contributed by atoms with Gasteiger partial charge < -0.3 is 15.0 Å². The number of halogens is 4. The summed E-state index contributed by atoms with van der Waals surface area (Å²) < 4.78 is 41.1. The number of imidazole rings is 1. The summed E-state index contributed by atoms with van der Waals surface area (Å²) >= 11 is 5.75. The van der Waals surface area contributed by atoms with Crippen molar-refractivity contribution < 1.29 is 23.1 Å². The lowest BCUT2D eigenvalue weighted by molar-refractivity contribution is -0.137. The van der Waals surface area contributed by atoms with Gasteiger partial charge in [-0.15, -0.1) is 0 Å². The third kappa shape index (κ3) is 3.59. The number of aromatic nitrogens is 2. The van der Waals surface area contributed by atoms with Gasteiger partial charge in [-0.2, -0.15) is 13.2 Å². The second-order valence-corrected chi connectivity index (χ2v) is 8.59. The molecular weight excluding hydrogens is 399 g/mol. The van der Waals surface area contributed by atoms with E-state index in [1.807, 2.05) is 20.8 Å². The average molecular weight is 420 g/mol. The van der Waals surface area contributed by atoms with Gasteiger partial charge in [0.25, 0.3) is 0 Å². The van der Waals surface area contributed by atoms with Gasteiger partial charge in [0.15, 0.2) is 0 Å². The Bertz CT molecular complexity index is 975. The smallest absolute Gasteiger partial charge is 0.417 e. The molecule has 1 aliphatic heterocycles. The third-order valence-corrected chi connectivity index (χ3v) is 5.61. The number of benzene rings is 1. The van der Waals surface area contributed by atoms with Crippen LogP contribution in [0.25, 0.3) is 11.0 Å². The fourth-order valence-electron chi connectivity index (χ4n) is 3.96. The maximum absolute atomic E-state index is 13.3. The van der Waals surface area contributed by atoms with Crippen molar-refractivity contribution in [3.8, 4) is 0 Å². The number of carbonyl (C=O) groups is 1. The van der Waals surface area contributed by atoms with E-state index in [4.69, 9.17) is 11.6 Å². The predicted molar refractivity (Wildman–Crippen MR) is 98.8 cm³/mol. The highest BCUT2D eigenvalue weighted by Crippen LogP contribution is 2.40. The molecule has 0 radical (unpaired) electrons. The van der Waals surface area contributed by atoms with Gasteiger partial charge in [0, 0.05) is 18.6 Å². The average Bonchev–Trinajstić information content (AvgIpc) is 2.86. The van der Waals surface area contributed by atoms with Crippen molar-refractivity contribution in [2.24, 2.45) is 5.41 Å². The van der Waals surface area contributed by atoms with E-state index >= 15 is 0 Å². The van der Waals surface area contributed by atoms with Crippen molar-refractivity contribution in [1.29, 1.82) is 0 Å². The molecule has 1 aromatic heterocycles.